The molecule has 1 amide bonds. The first-order valence-corrected chi connectivity index (χ1v) is 6.98. The Morgan fingerprint density at radius 2 is 2.05 bits per heavy atom. The summed E-state index contributed by atoms with van der Waals surface area (Å²) in [4.78, 5) is 27.7. The van der Waals surface area contributed by atoms with Crippen LogP contribution in [0, 0.1) is 5.41 Å². The molecule has 1 aliphatic rings. The van der Waals surface area contributed by atoms with Gasteiger partial charge in [-0.15, -0.1) is 0 Å². The zero-order valence-electron chi connectivity index (χ0n) is 11.5. The summed E-state index contributed by atoms with van der Waals surface area (Å²) in [5, 5.41) is 13.0. The van der Waals surface area contributed by atoms with Crippen LogP contribution in [0.1, 0.15) is 25.7 Å². The maximum absolute atomic E-state index is 12.2. The molecule has 21 heavy (non-hydrogen) atoms. The number of aliphatic carboxylic acids is 1. The van der Waals surface area contributed by atoms with Crippen molar-refractivity contribution < 1.29 is 14.7 Å². The van der Waals surface area contributed by atoms with Crippen molar-refractivity contribution in [3.05, 3.63) is 36.5 Å². The summed E-state index contributed by atoms with van der Waals surface area (Å²) in [6.07, 6.45) is 3.75. The number of nitrogens with zero attached hydrogens (tertiary/aromatic N) is 1. The Labute approximate surface area is 122 Å². The van der Waals surface area contributed by atoms with Gasteiger partial charge in [-0.25, -0.2) is 0 Å². The third-order valence-electron chi connectivity index (χ3n) is 4.18. The van der Waals surface area contributed by atoms with Gasteiger partial charge in [-0.1, -0.05) is 12.5 Å². The monoisotopic (exact) mass is 284 g/mol. The number of nitrogens with one attached hydrogen (secondary N) is 1. The lowest BCUT2D eigenvalue weighted by molar-refractivity contribution is -0.157. The molecule has 1 fully saturated rings. The van der Waals surface area contributed by atoms with Gasteiger partial charge < -0.3 is 10.4 Å². The van der Waals surface area contributed by atoms with E-state index < -0.39 is 11.4 Å². The number of carboxylic acid groups (broad SMARTS) is 1. The normalized spacial score (nSPS) is 16.2. The first kappa shape index (κ1) is 13.5. The fourth-order valence-electron chi connectivity index (χ4n) is 2.78. The zero-order chi connectivity index (χ0) is 14.9. The van der Waals surface area contributed by atoms with Gasteiger partial charge in [0.15, 0.2) is 0 Å². The van der Waals surface area contributed by atoms with E-state index in [1.807, 2.05) is 24.3 Å². The van der Waals surface area contributed by atoms with Crippen LogP contribution >= 0.6 is 0 Å². The summed E-state index contributed by atoms with van der Waals surface area (Å²) in [7, 11) is 0. The van der Waals surface area contributed by atoms with E-state index in [0.29, 0.717) is 18.5 Å². The Kier molecular flexibility index (Phi) is 3.33. The molecular weight excluding hydrogens is 268 g/mol. The minimum atomic E-state index is -0.872. The number of carbonyl (C=O) groups excluding carboxylic acids is 1. The second-order valence-corrected chi connectivity index (χ2v) is 5.54. The van der Waals surface area contributed by atoms with Gasteiger partial charge in [-0.05, 0) is 37.1 Å². The van der Waals surface area contributed by atoms with Gasteiger partial charge in [0.25, 0.3) is 0 Å². The Bertz CT molecular complexity index is 702. The quantitative estimate of drug-likeness (QED) is 0.904. The van der Waals surface area contributed by atoms with Crippen molar-refractivity contribution in [3.63, 3.8) is 0 Å². The average Bonchev–Trinajstić information content (AvgIpc) is 2.43. The molecule has 0 spiro atoms. The van der Waals surface area contributed by atoms with E-state index in [1.54, 1.807) is 12.3 Å². The van der Waals surface area contributed by atoms with Crippen molar-refractivity contribution in [2.24, 2.45) is 5.41 Å². The van der Waals surface area contributed by atoms with Crippen LogP contribution in [0.25, 0.3) is 10.9 Å². The fraction of sp³-hybridized carbons (Fsp3) is 0.312. The molecule has 2 aromatic rings. The molecule has 1 aromatic carbocycles. The number of carboxylic acids is 1. The predicted octanol–water partition coefficient (Wildman–Crippen LogP) is 2.82. The molecule has 0 bridgehead atoms. The lowest BCUT2D eigenvalue weighted by Crippen LogP contribution is -2.41. The van der Waals surface area contributed by atoms with Gasteiger partial charge in [0.05, 0.1) is 16.6 Å². The van der Waals surface area contributed by atoms with Gasteiger partial charge in [0, 0.05) is 18.0 Å². The van der Waals surface area contributed by atoms with Gasteiger partial charge in [0.2, 0.25) is 5.91 Å². The standard InChI is InChI=1S/C16H16N2O3/c19-14(10-16(15(20)21)7-3-8-16)18-13-6-1-5-12-11(13)4-2-9-17-12/h1-2,4-6,9H,3,7-8,10H2,(H,18,19)(H,20,21). The van der Waals surface area contributed by atoms with Gasteiger partial charge in [-0.3, -0.25) is 14.6 Å². The van der Waals surface area contributed by atoms with Crippen molar-refractivity contribution in [1.82, 2.24) is 4.98 Å². The molecule has 1 aromatic heterocycles. The third kappa shape index (κ3) is 2.46. The third-order valence-corrected chi connectivity index (χ3v) is 4.18. The number of hydrogen-bond donors (Lipinski definition) is 2. The summed E-state index contributed by atoms with van der Waals surface area (Å²) in [5.74, 6) is -1.13. The van der Waals surface area contributed by atoms with Crippen molar-refractivity contribution >= 4 is 28.5 Å². The molecule has 2 N–H and O–H groups in total. The molecule has 108 valence electrons. The first-order chi connectivity index (χ1) is 10.1. The van der Waals surface area contributed by atoms with Crippen LogP contribution in [-0.4, -0.2) is 22.0 Å². The van der Waals surface area contributed by atoms with Crippen LogP contribution in [-0.2, 0) is 9.59 Å². The maximum atomic E-state index is 12.2. The number of anilines is 1. The lowest BCUT2D eigenvalue weighted by atomic mass is 9.66. The van der Waals surface area contributed by atoms with Crippen LogP contribution in [0.2, 0.25) is 0 Å². The van der Waals surface area contributed by atoms with Gasteiger partial charge in [-0.2, -0.15) is 0 Å². The second-order valence-electron chi connectivity index (χ2n) is 5.54. The fourth-order valence-corrected chi connectivity index (χ4v) is 2.78. The molecule has 0 radical (unpaired) electrons. The van der Waals surface area contributed by atoms with E-state index in [1.165, 1.54) is 0 Å². The molecular formula is C16H16N2O3. The van der Waals surface area contributed by atoms with Crippen molar-refractivity contribution in [2.45, 2.75) is 25.7 Å². The number of aromatic nitrogens is 1. The van der Waals surface area contributed by atoms with Crippen LogP contribution in [0.3, 0.4) is 0 Å². The molecule has 0 atom stereocenters. The average molecular weight is 284 g/mol. The molecule has 0 saturated heterocycles. The topological polar surface area (TPSA) is 79.3 Å². The molecule has 1 saturated carbocycles. The first-order valence-electron chi connectivity index (χ1n) is 6.98. The number of hydrogen-bond acceptors (Lipinski definition) is 3. The SMILES string of the molecule is O=C(CC1(C(=O)O)CCC1)Nc1cccc2ncccc12. The number of amides is 1. The highest BCUT2D eigenvalue weighted by Gasteiger charge is 2.45. The highest BCUT2D eigenvalue weighted by molar-refractivity contribution is 6.02. The van der Waals surface area contributed by atoms with Crippen LogP contribution in [0.4, 0.5) is 5.69 Å². The van der Waals surface area contributed by atoms with Gasteiger partial charge in [0.1, 0.15) is 0 Å². The summed E-state index contributed by atoms with van der Waals surface area (Å²) in [5.41, 5.74) is 0.602. The molecule has 3 rings (SSSR count). The highest BCUT2D eigenvalue weighted by atomic mass is 16.4. The number of benzene rings is 1. The molecule has 1 heterocycles. The largest absolute Gasteiger partial charge is 0.481 e. The number of rotatable bonds is 4. The summed E-state index contributed by atoms with van der Waals surface area (Å²) in [6.45, 7) is 0. The van der Waals surface area contributed by atoms with Crippen LogP contribution < -0.4 is 5.32 Å². The molecule has 1 aliphatic carbocycles. The minimum absolute atomic E-state index is 0.0268. The molecule has 0 aliphatic heterocycles. The summed E-state index contributed by atoms with van der Waals surface area (Å²) in [6, 6.07) is 9.18. The lowest BCUT2D eigenvalue weighted by Gasteiger charge is -2.36. The Balaban J connectivity index is 1.79. The summed E-state index contributed by atoms with van der Waals surface area (Å²) < 4.78 is 0. The Morgan fingerprint density at radius 3 is 2.71 bits per heavy atom. The smallest absolute Gasteiger partial charge is 0.310 e. The zero-order valence-corrected chi connectivity index (χ0v) is 11.5. The molecule has 5 heteroatoms. The Morgan fingerprint density at radius 1 is 1.24 bits per heavy atom. The predicted molar refractivity (Wildman–Crippen MR) is 78.9 cm³/mol. The number of fused-ring (bicyclic) bond motifs is 1. The van der Waals surface area contributed by atoms with E-state index in [0.717, 1.165) is 17.3 Å². The van der Waals surface area contributed by atoms with E-state index in [4.69, 9.17) is 0 Å². The Hall–Kier alpha value is -2.43. The number of pyridine rings is 1. The van der Waals surface area contributed by atoms with Crippen molar-refractivity contribution in [3.8, 4) is 0 Å². The second kappa shape index (κ2) is 5.16. The van der Waals surface area contributed by atoms with E-state index in [-0.39, 0.29) is 12.3 Å². The maximum Gasteiger partial charge on any atom is 0.310 e. The minimum Gasteiger partial charge on any atom is -0.481 e. The number of carbonyl (C=O) groups is 2. The van der Waals surface area contributed by atoms with Crippen LogP contribution in [0.15, 0.2) is 36.5 Å². The van der Waals surface area contributed by atoms with E-state index in [2.05, 4.69) is 10.3 Å². The molecule has 0 unspecified atom stereocenters. The highest BCUT2D eigenvalue weighted by Crippen LogP contribution is 2.44. The van der Waals surface area contributed by atoms with E-state index >= 15 is 0 Å². The summed E-state index contributed by atoms with van der Waals surface area (Å²) >= 11 is 0. The van der Waals surface area contributed by atoms with Crippen molar-refractivity contribution in [2.75, 3.05) is 5.32 Å². The van der Waals surface area contributed by atoms with E-state index in [9.17, 15) is 14.7 Å². The molecule has 5 nitrogen and oxygen atoms in total. The van der Waals surface area contributed by atoms with Crippen molar-refractivity contribution in [1.29, 1.82) is 0 Å². The van der Waals surface area contributed by atoms with Gasteiger partial charge >= 0.3 is 5.97 Å². The van der Waals surface area contributed by atoms with Crippen LogP contribution in [0.5, 0.6) is 0 Å².